The first-order chi connectivity index (χ1) is 10.9. The first-order valence-corrected chi connectivity index (χ1v) is 7.30. The zero-order valence-corrected chi connectivity index (χ0v) is 12.1. The molecule has 0 saturated carbocycles. The third kappa shape index (κ3) is 2.51. The van der Waals surface area contributed by atoms with Crippen LogP contribution in [-0.4, -0.2) is 18.3 Å². The summed E-state index contributed by atoms with van der Waals surface area (Å²) in [4.78, 5) is 2.27. The van der Waals surface area contributed by atoms with Crippen LogP contribution in [0.2, 0.25) is 0 Å². The lowest BCUT2D eigenvalue weighted by atomic mass is 10.1. The van der Waals surface area contributed by atoms with Gasteiger partial charge in [-0.1, -0.05) is 23.4 Å². The number of furan rings is 1. The Morgan fingerprint density at radius 2 is 2.05 bits per heavy atom. The number of hydrogen-bond donors (Lipinski definition) is 0. The summed E-state index contributed by atoms with van der Waals surface area (Å²) in [7, 11) is 0. The molecule has 3 heterocycles. The zero-order chi connectivity index (χ0) is 14.8. The SMILES string of the molecule is c1coc(-c2cc(CN3CCOCc4ccccc43)no2)c1. The summed E-state index contributed by atoms with van der Waals surface area (Å²) >= 11 is 0. The topological polar surface area (TPSA) is 51.6 Å². The van der Waals surface area contributed by atoms with E-state index >= 15 is 0 Å². The van der Waals surface area contributed by atoms with E-state index < -0.39 is 0 Å². The van der Waals surface area contributed by atoms with Gasteiger partial charge in [0.15, 0.2) is 5.76 Å². The molecule has 0 N–H and O–H groups in total. The van der Waals surface area contributed by atoms with Gasteiger partial charge in [-0.2, -0.15) is 0 Å². The Bertz CT molecular complexity index is 749. The molecule has 0 atom stereocenters. The van der Waals surface area contributed by atoms with Crippen molar-refractivity contribution in [2.75, 3.05) is 18.1 Å². The number of benzene rings is 1. The number of aromatic nitrogens is 1. The Morgan fingerprint density at radius 3 is 2.95 bits per heavy atom. The first-order valence-electron chi connectivity index (χ1n) is 7.30. The van der Waals surface area contributed by atoms with Crippen molar-refractivity contribution >= 4 is 5.69 Å². The molecule has 1 aliphatic rings. The second kappa shape index (κ2) is 5.69. The standard InChI is InChI=1S/C17H16N2O3/c1-2-5-15-13(4-1)12-20-9-7-19(15)11-14-10-17(22-18-14)16-6-3-8-21-16/h1-6,8,10H,7,9,11-12H2. The van der Waals surface area contributed by atoms with Crippen molar-refractivity contribution < 1.29 is 13.7 Å². The van der Waals surface area contributed by atoms with Crippen molar-refractivity contribution in [2.45, 2.75) is 13.2 Å². The molecule has 0 spiro atoms. The van der Waals surface area contributed by atoms with E-state index in [1.54, 1.807) is 6.26 Å². The normalized spacial score (nSPS) is 14.6. The van der Waals surface area contributed by atoms with E-state index in [1.165, 1.54) is 11.3 Å². The number of ether oxygens (including phenoxy) is 1. The van der Waals surface area contributed by atoms with E-state index in [-0.39, 0.29) is 0 Å². The minimum atomic E-state index is 0.652. The van der Waals surface area contributed by atoms with Gasteiger partial charge in [0.05, 0.1) is 26.0 Å². The minimum Gasteiger partial charge on any atom is -0.461 e. The van der Waals surface area contributed by atoms with Gasteiger partial charge in [-0.15, -0.1) is 0 Å². The Balaban J connectivity index is 1.58. The molecule has 0 saturated heterocycles. The van der Waals surface area contributed by atoms with Gasteiger partial charge >= 0.3 is 0 Å². The van der Waals surface area contributed by atoms with E-state index in [0.717, 1.165) is 12.2 Å². The fourth-order valence-corrected chi connectivity index (χ4v) is 2.70. The molecule has 1 aromatic carbocycles. The van der Waals surface area contributed by atoms with E-state index in [9.17, 15) is 0 Å². The third-order valence-electron chi connectivity index (χ3n) is 3.77. The molecule has 5 nitrogen and oxygen atoms in total. The molecule has 0 amide bonds. The van der Waals surface area contributed by atoms with Crippen LogP contribution < -0.4 is 4.90 Å². The number of para-hydroxylation sites is 1. The number of hydrogen-bond acceptors (Lipinski definition) is 5. The maximum absolute atomic E-state index is 5.65. The zero-order valence-electron chi connectivity index (χ0n) is 12.1. The smallest absolute Gasteiger partial charge is 0.202 e. The molecule has 0 fully saturated rings. The summed E-state index contributed by atoms with van der Waals surface area (Å²) in [6.45, 7) is 2.88. The highest BCUT2D eigenvalue weighted by atomic mass is 16.5. The van der Waals surface area contributed by atoms with Crippen LogP contribution in [0.1, 0.15) is 11.3 Å². The first kappa shape index (κ1) is 13.2. The molecule has 0 unspecified atom stereocenters. The van der Waals surface area contributed by atoms with Crippen LogP contribution in [0.4, 0.5) is 5.69 Å². The Kier molecular flexibility index (Phi) is 3.40. The van der Waals surface area contributed by atoms with Gasteiger partial charge in [-0.3, -0.25) is 0 Å². The Morgan fingerprint density at radius 1 is 1.09 bits per heavy atom. The van der Waals surface area contributed by atoms with Gasteiger partial charge in [-0.05, 0) is 18.2 Å². The molecule has 2 aromatic heterocycles. The lowest BCUT2D eigenvalue weighted by molar-refractivity contribution is 0.132. The third-order valence-corrected chi connectivity index (χ3v) is 3.77. The lowest BCUT2D eigenvalue weighted by Crippen LogP contribution is -2.25. The quantitative estimate of drug-likeness (QED) is 0.740. The highest BCUT2D eigenvalue weighted by Gasteiger charge is 2.17. The molecule has 1 aliphatic heterocycles. The highest BCUT2D eigenvalue weighted by molar-refractivity contribution is 5.55. The van der Waals surface area contributed by atoms with Crippen LogP contribution in [0, 0.1) is 0 Å². The van der Waals surface area contributed by atoms with Crippen LogP contribution in [0.25, 0.3) is 11.5 Å². The minimum absolute atomic E-state index is 0.652. The van der Waals surface area contributed by atoms with Gasteiger partial charge in [0.25, 0.3) is 0 Å². The molecule has 112 valence electrons. The predicted octanol–water partition coefficient (Wildman–Crippen LogP) is 3.47. The monoisotopic (exact) mass is 296 g/mol. The molecule has 0 bridgehead atoms. The fraction of sp³-hybridized carbons (Fsp3) is 0.235. The average molecular weight is 296 g/mol. The highest BCUT2D eigenvalue weighted by Crippen LogP contribution is 2.26. The molecular weight excluding hydrogens is 280 g/mol. The number of rotatable bonds is 3. The summed E-state index contributed by atoms with van der Waals surface area (Å²) in [5, 5.41) is 4.15. The largest absolute Gasteiger partial charge is 0.461 e. The second-order valence-corrected chi connectivity index (χ2v) is 5.26. The van der Waals surface area contributed by atoms with Crippen LogP contribution >= 0.6 is 0 Å². The molecule has 0 radical (unpaired) electrons. The summed E-state index contributed by atoms with van der Waals surface area (Å²) < 4.78 is 16.4. The molecule has 5 heteroatoms. The molecule has 0 aliphatic carbocycles. The summed E-state index contributed by atoms with van der Waals surface area (Å²) in [5.74, 6) is 1.35. The summed E-state index contributed by atoms with van der Waals surface area (Å²) in [6, 6.07) is 13.9. The maximum atomic E-state index is 5.65. The second-order valence-electron chi connectivity index (χ2n) is 5.26. The molecule has 22 heavy (non-hydrogen) atoms. The van der Waals surface area contributed by atoms with Crippen molar-refractivity contribution in [3.05, 3.63) is 60.0 Å². The van der Waals surface area contributed by atoms with Crippen LogP contribution in [-0.2, 0) is 17.9 Å². The van der Waals surface area contributed by atoms with Crippen molar-refractivity contribution in [3.8, 4) is 11.5 Å². The number of nitrogens with zero attached hydrogens (tertiary/aromatic N) is 2. The summed E-state index contributed by atoms with van der Waals surface area (Å²) in [5.41, 5.74) is 3.28. The van der Waals surface area contributed by atoms with E-state index in [2.05, 4.69) is 22.2 Å². The predicted molar refractivity (Wildman–Crippen MR) is 81.4 cm³/mol. The molecule has 4 rings (SSSR count). The van der Waals surface area contributed by atoms with Gasteiger partial charge in [-0.25, -0.2) is 0 Å². The van der Waals surface area contributed by atoms with Crippen LogP contribution in [0.5, 0.6) is 0 Å². The maximum Gasteiger partial charge on any atom is 0.202 e. The van der Waals surface area contributed by atoms with Gasteiger partial charge in [0, 0.05) is 23.9 Å². The van der Waals surface area contributed by atoms with E-state index in [0.29, 0.717) is 31.3 Å². The average Bonchev–Trinajstić information content (AvgIpc) is 3.18. The van der Waals surface area contributed by atoms with Crippen LogP contribution in [0.15, 0.2) is 57.7 Å². The Labute approximate surface area is 128 Å². The Hall–Kier alpha value is -2.53. The van der Waals surface area contributed by atoms with Crippen molar-refractivity contribution in [1.82, 2.24) is 5.16 Å². The van der Waals surface area contributed by atoms with Crippen molar-refractivity contribution in [1.29, 1.82) is 0 Å². The van der Waals surface area contributed by atoms with Crippen molar-refractivity contribution in [3.63, 3.8) is 0 Å². The van der Waals surface area contributed by atoms with Gasteiger partial charge in [0.1, 0.15) is 5.69 Å². The van der Waals surface area contributed by atoms with Gasteiger partial charge < -0.3 is 18.6 Å². The van der Waals surface area contributed by atoms with Crippen LogP contribution in [0.3, 0.4) is 0 Å². The number of anilines is 1. The molecular formula is C17H16N2O3. The van der Waals surface area contributed by atoms with Gasteiger partial charge in [0.2, 0.25) is 5.76 Å². The number of fused-ring (bicyclic) bond motifs is 1. The lowest BCUT2D eigenvalue weighted by Gasteiger charge is -2.22. The summed E-state index contributed by atoms with van der Waals surface area (Å²) in [6.07, 6.45) is 1.62. The fourth-order valence-electron chi connectivity index (χ4n) is 2.70. The molecule has 3 aromatic rings. The van der Waals surface area contributed by atoms with E-state index in [1.807, 2.05) is 30.3 Å². The van der Waals surface area contributed by atoms with Crippen molar-refractivity contribution in [2.24, 2.45) is 0 Å². The van der Waals surface area contributed by atoms with E-state index in [4.69, 9.17) is 13.7 Å².